The first kappa shape index (κ1) is 17.6. The van der Waals surface area contributed by atoms with E-state index < -0.39 is 24.1 Å². The van der Waals surface area contributed by atoms with Crippen LogP contribution in [0.4, 0.5) is 0 Å². The summed E-state index contributed by atoms with van der Waals surface area (Å²) < 4.78 is 0. The normalized spacial score (nSPS) is 13.2. The monoisotopic (exact) mass is 273 g/mol. The van der Waals surface area contributed by atoms with Crippen LogP contribution in [-0.4, -0.2) is 34.4 Å². The van der Waals surface area contributed by atoms with Crippen molar-refractivity contribution in [2.45, 2.75) is 12.2 Å². The Labute approximate surface area is 83.1 Å². The van der Waals surface area contributed by atoms with Gasteiger partial charge in [0.05, 0.1) is 11.9 Å². The van der Waals surface area contributed by atoms with Crippen LogP contribution in [0, 0.1) is 0 Å². The molecule has 0 aliphatic carbocycles. The van der Waals surface area contributed by atoms with Gasteiger partial charge < -0.3 is 36.2 Å². The molecule has 0 amide bonds. The van der Waals surface area contributed by atoms with Gasteiger partial charge in [-0.05, 0) is 0 Å². The van der Waals surface area contributed by atoms with Crippen LogP contribution in [0.1, 0.15) is 0 Å². The quantitative estimate of drug-likeness (QED) is 0.440. The first-order valence-corrected chi connectivity index (χ1v) is 2.24. The third-order valence-corrected chi connectivity index (χ3v) is 0.782. The second-order valence-corrected chi connectivity index (χ2v) is 1.53. The number of carboxylic acids is 2. The number of hydrogen-bond acceptors (Lipinski definition) is 6. The number of aliphatic hydroxyl groups is 2. The van der Waals surface area contributed by atoms with Crippen molar-refractivity contribution in [3.63, 3.8) is 0 Å². The van der Waals surface area contributed by atoms with Crippen molar-refractivity contribution in [3.05, 3.63) is 0 Å². The fraction of sp³-hybridized carbons (Fsp3) is 0.500. The summed E-state index contributed by atoms with van der Waals surface area (Å²) in [7, 11) is 0. The molecule has 0 aliphatic heterocycles. The van der Waals surface area contributed by atoms with Gasteiger partial charge in [-0.2, -0.15) is 0 Å². The molecule has 0 heterocycles. The van der Waals surface area contributed by atoms with Gasteiger partial charge in [0.2, 0.25) is 0 Å². The molecule has 7 nitrogen and oxygen atoms in total. The largest absolute Gasteiger partial charge is 1.00 e. The van der Waals surface area contributed by atoms with Crippen LogP contribution in [0.15, 0.2) is 0 Å². The van der Waals surface area contributed by atoms with E-state index in [9.17, 15) is 19.8 Å². The molecule has 76 valence electrons. The van der Waals surface area contributed by atoms with Gasteiger partial charge in [0.25, 0.3) is 0 Å². The van der Waals surface area contributed by atoms with E-state index in [1.807, 2.05) is 0 Å². The molecule has 8 heteroatoms. The summed E-state index contributed by atoms with van der Waals surface area (Å²) in [5, 5.41) is 35.7. The first-order valence-electron chi connectivity index (χ1n) is 2.24. The van der Waals surface area contributed by atoms with Crippen LogP contribution < -0.4 is 16.4 Å². The second-order valence-electron chi connectivity index (χ2n) is 1.53. The summed E-state index contributed by atoms with van der Waals surface area (Å²) in [6, 6.07) is 0. The molecule has 0 aromatic carbocycles. The number of hydrogen-bond donors (Lipinski definition) is 3. The van der Waals surface area contributed by atoms with Crippen LogP contribution in [0.5, 0.6) is 0 Å². The van der Waals surface area contributed by atoms with Crippen molar-refractivity contribution in [1.82, 2.24) is 6.15 Å². The Hall–Kier alpha value is -0.440. The first-order chi connectivity index (χ1) is 4.46. The maximum Gasteiger partial charge on any atom is 1.00 e. The van der Waals surface area contributed by atoms with E-state index in [1.54, 1.807) is 0 Å². The van der Waals surface area contributed by atoms with E-state index in [0.717, 1.165) is 0 Å². The van der Waals surface area contributed by atoms with Gasteiger partial charge in [0, 0.05) is 0 Å². The number of aliphatic carboxylic acids is 2. The predicted molar refractivity (Wildman–Crippen MR) is 28.0 cm³/mol. The molecular formula is C4H8AgNO6. The van der Waals surface area contributed by atoms with Crippen LogP contribution in [0.3, 0.4) is 0 Å². The molecule has 0 rings (SSSR count). The van der Waals surface area contributed by atoms with Crippen molar-refractivity contribution in [1.29, 1.82) is 0 Å². The standard InChI is InChI=1S/C4H6O6.Ag.H3N/c5-1(3(7)8)2(6)4(9)10;;/h1-2,5-6H,(H,7,8)(H,9,10);;1H3/q;+1;/p-1. The van der Waals surface area contributed by atoms with Gasteiger partial charge in [0.1, 0.15) is 12.2 Å². The molecule has 0 spiro atoms. The molecule has 12 heavy (non-hydrogen) atoms. The van der Waals surface area contributed by atoms with Gasteiger partial charge in [-0.1, -0.05) is 0 Å². The Bertz CT molecular complexity index is 144. The van der Waals surface area contributed by atoms with Gasteiger partial charge in [-0.15, -0.1) is 0 Å². The number of aliphatic hydroxyl groups excluding tert-OH is 2. The third kappa shape index (κ3) is 5.24. The van der Waals surface area contributed by atoms with E-state index >= 15 is 0 Å². The smallest absolute Gasteiger partial charge is 0.547 e. The van der Waals surface area contributed by atoms with Gasteiger partial charge in [-0.25, -0.2) is 0 Å². The molecule has 0 aliphatic rings. The molecule has 2 atom stereocenters. The Balaban J connectivity index is -0.000000405. The van der Waals surface area contributed by atoms with Gasteiger partial charge in [-0.3, -0.25) is 0 Å². The van der Waals surface area contributed by atoms with E-state index in [-0.39, 0.29) is 28.5 Å². The van der Waals surface area contributed by atoms with Crippen LogP contribution in [0.2, 0.25) is 0 Å². The number of carboxylic acid groups (broad SMARTS) is 2. The molecule has 0 radical (unpaired) electrons. The van der Waals surface area contributed by atoms with E-state index in [0.29, 0.717) is 0 Å². The van der Waals surface area contributed by atoms with Gasteiger partial charge >= 0.3 is 22.4 Å². The van der Waals surface area contributed by atoms with Crippen LogP contribution >= 0.6 is 0 Å². The number of carbonyl (C=O) groups excluding carboxylic acids is 2. The van der Waals surface area contributed by atoms with Crippen molar-refractivity contribution >= 4 is 11.9 Å². The summed E-state index contributed by atoms with van der Waals surface area (Å²) in [6.45, 7) is 0. The van der Waals surface area contributed by atoms with Crippen molar-refractivity contribution in [2.75, 3.05) is 0 Å². The Kier molecular flexibility index (Phi) is 10.6. The SMILES string of the molecule is O=C([O-])C(O)C(O)C(=O)[O-].[Ag+].[NH4+]. The minimum absolute atomic E-state index is 0. The molecule has 0 saturated heterocycles. The topological polar surface area (TPSA) is 157 Å². The molecule has 0 fully saturated rings. The summed E-state index contributed by atoms with van der Waals surface area (Å²) in [5.41, 5.74) is 0. The Morgan fingerprint density at radius 3 is 1.25 bits per heavy atom. The zero-order chi connectivity index (χ0) is 8.31. The summed E-state index contributed by atoms with van der Waals surface area (Å²) in [4.78, 5) is 19.3. The van der Waals surface area contributed by atoms with Crippen molar-refractivity contribution in [3.8, 4) is 0 Å². The summed E-state index contributed by atoms with van der Waals surface area (Å²) in [5.74, 6) is -4.12. The Morgan fingerprint density at radius 1 is 1.00 bits per heavy atom. The summed E-state index contributed by atoms with van der Waals surface area (Å²) in [6.07, 6.45) is -4.88. The second kappa shape index (κ2) is 7.22. The van der Waals surface area contributed by atoms with Crippen LogP contribution in [-0.2, 0) is 32.0 Å². The minimum Gasteiger partial charge on any atom is -0.547 e. The average Bonchev–Trinajstić information content (AvgIpc) is 1.84. The van der Waals surface area contributed by atoms with Crippen molar-refractivity contribution in [2.24, 2.45) is 0 Å². The zero-order valence-electron chi connectivity index (χ0n) is 5.98. The van der Waals surface area contributed by atoms with Gasteiger partial charge in [0.15, 0.2) is 0 Å². The predicted octanol–water partition coefficient (Wildman–Crippen LogP) is -4.42. The molecular weight excluding hydrogens is 266 g/mol. The molecule has 0 aromatic heterocycles. The minimum atomic E-state index is -2.44. The maximum atomic E-state index is 9.63. The zero-order valence-corrected chi connectivity index (χ0v) is 7.47. The number of rotatable bonds is 3. The number of carbonyl (C=O) groups is 2. The maximum absolute atomic E-state index is 9.63. The average molecular weight is 274 g/mol. The van der Waals surface area contributed by atoms with E-state index in [4.69, 9.17) is 10.2 Å². The molecule has 2 unspecified atom stereocenters. The summed E-state index contributed by atoms with van der Waals surface area (Å²) >= 11 is 0. The van der Waals surface area contributed by atoms with Crippen LogP contribution in [0.25, 0.3) is 0 Å². The van der Waals surface area contributed by atoms with E-state index in [2.05, 4.69) is 0 Å². The molecule has 6 N–H and O–H groups in total. The fourth-order valence-electron chi connectivity index (χ4n) is 0.258. The molecule has 0 saturated carbocycles. The number of quaternary nitrogens is 1. The molecule has 0 bridgehead atoms. The Morgan fingerprint density at radius 2 is 1.17 bits per heavy atom. The molecule has 0 aromatic rings. The third-order valence-electron chi connectivity index (χ3n) is 0.782. The fourth-order valence-corrected chi connectivity index (χ4v) is 0.258. The van der Waals surface area contributed by atoms with E-state index in [1.165, 1.54) is 0 Å². The van der Waals surface area contributed by atoms with Crippen molar-refractivity contribution < 1.29 is 52.4 Å².